The lowest BCUT2D eigenvalue weighted by molar-refractivity contribution is -0.123. The normalized spacial score (nSPS) is 11.8. The van der Waals surface area contributed by atoms with Crippen LogP contribution in [0.15, 0.2) is 24.3 Å². The van der Waals surface area contributed by atoms with Crippen molar-refractivity contribution in [1.82, 2.24) is 5.32 Å². The molecule has 0 radical (unpaired) electrons. The molecule has 0 aliphatic rings. The Labute approximate surface area is 114 Å². The summed E-state index contributed by atoms with van der Waals surface area (Å²) in [5.74, 6) is -0.0202. The van der Waals surface area contributed by atoms with Crippen molar-refractivity contribution < 1.29 is 9.90 Å². The number of rotatable bonds is 5. The summed E-state index contributed by atoms with van der Waals surface area (Å²) in [7, 11) is 0. The first-order valence-electron chi connectivity index (χ1n) is 5.76. The van der Waals surface area contributed by atoms with E-state index in [0.29, 0.717) is 6.54 Å². The molecular weight excluding hydrogens is 252 g/mol. The fourth-order valence-electron chi connectivity index (χ4n) is 1.45. The van der Waals surface area contributed by atoms with Crippen LogP contribution in [0.25, 0.3) is 0 Å². The molecule has 1 amide bonds. The molecule has 0 saturated carbocycles. The first kappa shape index (κ1) is 16.9. The highest BCUT2D eigenvalue weighted by atomic mass is 35.5. The predicted molar refractivity (Wildman–Crippen MR) is 74.3 cm³/mol. The first-order chi connectivity index (χ1) is 8.04. The number of halogens is 1. The Morgan fingerprint density at radius 2 is 2.00 bits per heavy atom. The average Bonchev–Trinajstić information content (AvgIpc) is 2.35. The van der Waals surface area contributed by atoms with E-state index < -0.39 is 6.04 Å². The molecule has 0 heterocycles. The molecule has 1 rings (SSSR count). The smallest absolute Gasteiger partial charge is 0.237 e. The van der Waals surface area contributed by atoms with Gasteiger partial charge in [-0.05, 0) is 17.0 Å². The van der Waals surface area contributed by atoms with Crippen LogP contribution >= 0.6 is 12.4 Å². The number of hydrogen-bond donors (Lipinski definition) is 3. The highest BCUT2D eigenvalue weighted by Gasteiger charge is 2.16. The van der Waals surface area contributed by atoms with E-state index in [1.54, 1.807) is 0 Å². The van der Waals surface area contributed by atoms with E-state index in [9.17, 15) is 4.79 Å². The molecule has 0 aromatic heterocycles. The second-order valence-electron chi connectivity index (χ2n) is 4.47. The Balaban J connectivity index is 0.00000289. The number of hydrogen-bond acceptors (Lipinski definition) is 3. The number of nitrogens with two attached hydrogens (primary N) is 1. The molecule has 18 heavy (non-hydrogen) atoms. The zero-order valence-electron chi connectivity index (χ0n) is 10.7. The highest BCUT2D eigenvalue weighted by Crippen LogP contribution is 2.05. The van der Waals surface area contributed by atoms with Gasteiger partial charge in [0.05, 0.1) is 12.6 Å². The maximum Gasteiger partial charge on any atom is 0.237 e. The standard InChI is InChI=1S/C13H20N2O2.ClH/c1-9(2)12(14)13(17)15-7-10-4-3-5-11(6-10)8-16;/h3-6,9,12,16H,7-8,14H2,1-2H3,(H,15,17);1H/t12-;/m1./s1. The Hall–Kier alpha value is -1.10. The van der Waals surface area contributed by atoms with Gasteiger partial charge in [-0.2, -0.15) is 0 Å². The molecule has 1 aromatic rings. The van der Waals surface area contributed by atoms with E-state index in [-0.39, 0.29) is 30.8 Å². The van der Waals surface area contributed by atoms with Crippen molar-refractivity contribution in [2.45, 2.75) is 33.0 Å². The molecule has 5 heteroatoms. The Morgan fingerprint density at radius 1 is 1.39 bits per heavy atom. The summed E-state index contributed by atoms with van der Waals surface area (Å²) in [4.78, 5) is 11.6. The van der Waals surface area contributed by atoms with Gasteiger partial charge in [0.15, 0.2) is 0 Å². The average molecular weight is 273 g/mol. The van der Waals surface area contributed by atoms with E-state index in [0.717, 1.165) is 11.1 Å². The van der Waals surface area contributed by atoms with Gasteiger partial charge in [0.1, 0.15) is 0 Å². The van der Waals surface area contributed by atoms with Crippen LogP contribution in [-0.2, 0) is 17.9 Å². The third-order valence-electron chi connectivity index (χ3n) is 2.66. The number of nitrogens with one attached hydrogen (secondary N) is 1. The van der Waals surface area contributed by atoms with Gasteiger partial charge in [0.25, 0.3) is 0 Å². The van der Waals surface area contributed by atoms with Crippen molar-refractivity contribution in [2.75, 3.05) is 0 Å². The van der Waals surface area contributed by atoms with Crippen LogP contribution in [0.5, 0.6) is 0 Å². The summed E-state index contributed by atoms with van der Waals surface area (Å²) in [5.41, 5.74) is 7.53. The first-order valence-corrected chi connectivity index (χ1v) is 5.76. The largest absolute Gasteiger partial charge is 0.392 e. The lowest BCUT2D eigenvalue weighted by atomic mass is 10.0. The quantitative estimate of drug-likeness (QED) is 0.754. The summed E-state index contributed by atoms with van der Waals surface area (Å²) in [6.07, 6.45) is 0. The van der Waals surface area contributed by atoms with Crippen LogP contribution < -0.4 is 11.1 Å². The fraction of sp³-hybridized carbons (Fsp3) is 0.462. The molecule has 0 fully saturated rings. The summed E-state index contributed by atoms with van der Waals surface area (Å²) < 4.78 is 0. The van der Waals surface area contributed by atoms with Crippen molar-refractivity contribution in [3.8, 4) is 0 Å². The van der Waals surface area contributed by atoms with Gasteiger partial charge in [-0.15, -0.1) is 12.4 Å². The van der Waals surface area contributed by atoms with Gasteiger partial charge >= 0.3 is 0 Å². The molecular formula is C13H21ClN2O2. The molecule has 0 unspecified atom stereocenters. The molecule has 0 bridgehead atoms. The maximum atomic E-state index is 11.6. The Morgan fingerprint density at radius 3 is 2.56 bits per heavy atom. The van der Waals surface area contributed by atoms with Crippen molar-refractivity contribution in [2.24, 2.45) is 11.7 Å². The van der Waals surface area contributed by atoms with Crippen LogP contribution in [-0.4, -0.2) is 17.1 Å². The number of aliphatic hydroxyl groups is 1. The Kier molecular flexibility index (Phi) is 7.59. The van der Waals surface area contributed by atoms with Crippen molar-refractivity contribution in [1.29, 1.82) is 0 Å². The van der Waals surface area contributed by atoms with Gasteiger partial charge < -0.3 is 16.2 Å². The predicted octanol–water partition coefficient (Wildman–Crippen LogP) is 1.20. The lowest BCUT2D eigenvalue weighted by Gasteiger charge is -2.15. The minimum Gasteiger partial charge on any atom is -0.392 e. The zero-order valence-corrected chi connectivity index (χ0v) is 11.5. The van der Waals surface area contributed by atoms with Crippen LogP contribution in [0.4, 0.5) is 0 Å². The van der Waals surface area contributed by atoms with Crippen molar-refractivity contribution in [3.05, 3.63) is 35.4 Å². The highest BCUT2D eigenvalue weighted by molar-refractivity contribution is 5.85. The van der Waals surface area contributed by atoms with E-state index in [2.05, 4.69) is 5.32 Å². The Bertz CT molecular complexity index is 383. The number of aliphatic hydroxyl groups excluding tert-OH is 1. The lowest BCUT2D eigenvalue weighted by Crippen LogP contribution is -2.43. The van der Waals surface area contributed by atoms with Gasteiger partial charge in [0, 0.05) is 6.54 Å². The van der Waals surface area contributed by atoms with Crippen molar-refractivity contribution in [3.63, 3.8) is 0 Å². The van der Waals surface area contributed by atoms with Gasteiger partial charge in [-0.1, -0.05) is 38.1 Å². The molecule has 0 aliphatic heterocycles. The minimum atomic E-state index is -0.476. The van der Waals surface area contributed by atoms with Crippen molar-refractivity contribution >= 4 is 18.3 Å². The van der Waals surface area contributed by atoms with E-state index >= 15 is 0 Å². The minimum absolute atomic E-state index is 0. The van der Waals surface area contributed by atoms with E-state index in [1.165, 1.54) is 0 Å². The van der Waals surface area contributed by atoms with Gasteiger partial charge in [0.2, 0.25) is 5.91 Å². The summed E-state index contributed by atoms with van der Waals surface area (Å²) in [6, 6.07) is 6.98. The monoisotopic (exact) mass is 272 g/mol. The van der Waals surface area contributed by atoms with E-state index in [1.807, 2.05) is 38.1 Å². The third kappa shape index (κ3) is 5.04. The number of carbonyl (C=O) groups is 1. The second-order valence-corrected chi connectivity index (χ2v) is 4.47. The van der Waals surface area contributed by atoms with Crippen LogP contribution in [0.1, 0.15) is 25.0 Å². The SMILES string of the molecule is CC(C)[C@@H](N)C(=O)NCc1cccc(CO)c1.Cl. The molecule has 102 valence electrons. The third-order valence-corrected chi connectivity index (χ3v) is 2.66. The number of benzene rings is 1. The molecule has 0 saturated heterocycles. The number of amides is 1. The molecule has 0 aliphatic carbocycles. The van der Waals surface area contributed by atoms with Gasteiger partial charge in [-0.25, -0.2) is 0 Å². The fourth-order valence-corrected chi connectivity index (χ4v) is 1.45. The molecule has 1 atom stereocenters. The zero-order chi connectivity index (χ0) is 12.8. The molecule has 0 spiro atoms. The topological polar surface area (TPSA) is 75.4 Å². The number of carbonyl (C=O) groups excluding carboxylic acids is 1. The van der Waals surface area contributed by atoms with E-state index in [4.69, 9.17) is 10.8 Å². The van der Waals surface area contributed by atoms with Gasteiger partial charge in [-0.3, -0.25) is 4.79 Å². The summed E-state index contributed by atoms with van der Waals surface area (Å²) in [6.45, 7) is 4.27. The molecule has 4 N–H and O–H groups in total. The summed E-state index contributed by atoms with van der Waals surface area (Å²) in [5, 5.41) is 11.8. The second kappa shape index (κ2) is 8.08. The molecule has 4 nitrogen and oxygen atoms in total. The molecule has 1 aromatic carbocycles. The summed E-state index contributed by atoms with van der Waals surface area (Å²) >= 11 is 0. The van der Waals surface area contributed by atoms with Crippen LogP contribution in [0.2, 0.25) is 0 Å². The van der Waals surface area contributed by atoms with Crippen LogP contribution in [0, 0.1) is 5.92 Å². The maximum absolute atomic E-state index is 11.6. The van der Waals surface area contributed by atoms with Crippen LogP contribution in [0.3, 0.4) is 0 Å².